The normalized spacial score (nSPS) is 14.0. The van der Waals surface area contributed by atoms with Gasteiger partial charge in [-0.05, 0) is 49.9 Å². The van der Waals surface area contributed by atoms with Gasteiger partial charge in [-0.3, -0.25) is 4.79 Å². The molecule has 0 radical (unpaired) electrons. The van der Waals surface area contributed by atoms with Gasteiger partial charge in [-0.25, -0.2) is 4.39 Å². The Morgan fingerprint density at radius 2 is 2.24 bits per heavy atom. The maximum Gasteiger partial charge on any atom is 0.257 e. The summed E-state index contributed by atoms with van der Waals surface area (Å²) >= 11 is 0. The Labute approximate surface area is 125 Å². The van der Waals surface area contributed by atoms with Crippen molar-refractivity contribution in [2.75, 3.05) is 19.7 Å². The average molecular weight is 294 g/mol. The highest BCUT2D eigenvalue weighted by atomic mass is 19.1. The Morgan fingerprint density at radius 3 is 2.95 bits per heavy atom. The molecule has 0 saturated heterocycles. The molecule has 1 fully saturated rings. The van der Waals surface area contributed by atoms with Crippen LogP contribution < -0.4 is 15.4 Å². The van der Waals surface area contributed by atoms with Crippen molar-refractivity contribution in [3.63, 3.8) is 0 Å². The quantitative estimate of drug-likeness (QED) is 0.687. The van der Waals surface area contributed by atoms with Crippen LogP contribution in [0.1, 0.15) is 31.7 Å². The van der Waals surface area contributed by atoms with E-state index in [1.165, 1.54) is 25.0 Å². The molecule has 1 aliphatic rings. The largest absolute Gasteiger partial charge is 0.483 e. The van der Waals surface area contributed by atoms with Gasteiger partial charge in [0, 0.05) is 18.7 Å². The minimum atomic E-state index is -0.297. The summed E-state index contributed by atoms with van der Waals surface area (Å²) in [5.74, 6) is 0.780. The van der Waals surface area contributed by atoms with Gasteiger partial charge >= 0.3 is 0 Å². The molecule has 1 aromatic carbocycles. The van der Waals surface area contributed by atoms with Gasteiger partial charge in [-0.2, -0.15) is 0 Å². The molecular formula is C16H23FN2O2. The van der Waals surface area contributed by atoms with Crippen LogP contribution in [0.25, 0.3) is 0 Å². The molecule has 2 N–H and O–H groups in total. The number of ether oxygens (including phenoxy) is 1. The number of benzene rings is 1. The lowest BCUT2D eigenvalue weighted by Gasteiger charge is -2.12. The number of hydrogen-bond acceptors (Lipinski definition) is 3. The number of hydrogen-bond donors (Lipinski definition) is 2. The molecule has 21 heavy (non-hydrogen) atoms. The molecule has 116 valence electrons. The number of carbonyl (C=O) groups is 1. The Morgan fingerprint density at radius 1 is 1.43 bits per heavy atom. The van der Waals surface area contributed by atoms with Crippen molar-refractivity contribution >= 4 is 5.91 Å². The van der Waals surface area contributed by atoms with Crippen LogP contribution in [-0.2, 0) is 11.3 Å². The fourth-order valence-corrected chi connectivity index (χ4v) is 2.00. The Bertz CT molecular complexity index is 475. The van der Waals surface area contributed by atoms with E-state index in [1.807, 2.05) is 0 Å². The van der Waals surface area contributed by atoms with Gasteiger partial charge in [-0.1, -0.05) is 6.92 Å². The highest BCUT2D eigenvalue weighted by Crippen LogP contribution is 2.27. The van der Waals surface area contributed by atoms with Crippen molar-refractivity contribution in [3.8, 4) is 5.75 Å². The molecule has 5 heteroatoms. The van der Waals surface area contributed by atoms with E-state index >= 15 is 0 Å². The molecule has 0 aromatic heterocycles. The van der Waals surface area contributed by atoms with Crippen molar-refractivity contribution in [3.05, 3.63) is 29.6 Å². The van der Waals surface area contributed by atoms with Gasteiger partial charge in [-0.15, -0.1) is 0 Å². The molecule has 2 rings (SSSR count). The summed E-state index contributed by atoms with van der Waals surface area (Å²) in [4.78, 5) is 11.7. The fourth-order valence-electron chi connectivity index (χ4n) is 2.00. The van der Waals surface area contributed by atoms with Crippen LogP contribution >= 0.6 is 0 Å². The predicted molar refractivity (Wildman–Crippen MR) is 79.6 cm³/mol. The van der Waals surface area contributed by atoms with Crippen LogP contribution in [0.2, 0.25) is 0 Å². The van der Waals surface area contributed by atoms with Crippen molar-refractivity contribution < 1.29 is 13.9 Å². The second-order valence-electron chi connectivity index (χ2n) is 5.46. The molecule has 1 amide bonds. The van der Waals surface area contributed by atoms with Crippen LogP contribution in [0, 0.1) is 11.7 Å². The van der Waals surface area contributed by atoms with Crippen LogP contribution in [0.15, 0.2) is 18.2 Å². The van der Waals surface area contributed by atoms with Crippen LogP contribution in [0.3, 0.4) is 0 Å². The zero-order chi connectivity index (χ0) is 15.1. The third kappa shape index (κ3) is 5.71. The lowest BCUT2D eigenvalue weighted by Crippen LogP contribution is -2.30. The predicted octanol–water partition coefficient (Wildman–Crippen LogP) is 2.23. The number of rotatable bonds is 9. The van der Waals surface area contributed by atoms with Crippen LogP contribution in [0.5, 0.6) is 5.75 Å². The summed E-state index contributed by atoms with van der Waals surface area (Å²) in [6, 6.07) is 4.37. The van der Waals surface area contributed by atoms with Gasteiger partial charge < -0.3 is 15.4 Å². The lowest BCUT2D eigenvalue weighted by molar-refractivity contribution is -0.123. The summed E-state index contributed by atoms with van der Waals surface area (Å²) in [6.07, 6.45) is 3.41. The minimum absolute atomic E-state index is 0.0286. The van der Waals surface area contributed by atoms with Crippen molar-refractivity contribution in [1.29, 1.82) is 0 Å². The third-order valence-corrected chi connectivity index (χ3v) is 3.41. The second-order valence-corrected chi connectivity index (χ2v) is 5.46. The average Bonchev–Trinajstić information content (AvgIpc) is 3.29. The highest BCUT2D eigenvalue weighted by Gasteiger charge is 2.21. The highest BCUT2D eigenvalue weighted by molar-refractivity contribution is 5.77. The Hall–Kier alpha value is -1.62. The van der Waals surface area contributed by atoms with Crippen LogP contribution in [0.4, 0.5) is 4.39 Å². The third-order valence-electron chi connectivity index (χ3n) is 3.41. The summed E-state index contributed by atoms with van der Waals surface area (Å²) in [5, 5.41) is 6.05. The number of amides is 1. The van der Waals surface area contributed by atoms with E-state index in [0.29, 0.717) is 18.2 Å². The first kappa shape index (κ1) is 15.8. The maximum absolute atomic E-state index is 13.3. The monoisotopic (exact) mass is 294 g/mol. The Balaban J connectivity index is 1.83. The first-order chi connectivity index (χ1) is 10.2. The molecule has 0 bridgehead atoms. The van der Waals surface area contributed by atoms with E-state index in [1.54, 1.807) is 6.07 Å². The van der Waals surface area contributed by atoms with E-state index in [0.717, 1.165) is 25.1 Å². The van der Waals surface area contributed by atoms with Gasteiger partial charge in [0.25, 0.3) is 5.91 Å². The van der Waals surface area contributed by atoms with E-state index in [4.69, 9.17) is 4.74 Å². The number of nitrogens with one attached hydrogen (secondary N) is 2. The molecule has 1 aliphatic carbocycles. The molecular weight excluding hydrogens is 271 g/mol. The molecule has 4 nitrogen and oxygen atoms in total. The topological polar surface area (TPSA) is 50.4 Å². The van der Waals surface area contributed by atoms with Crippen molar-refractivity contribution in [2.45, 2.75) is 32.7 Å². The van der Waals surface area contributed by atoms with Gasteiger partial charge in [0.05, 0.1) is 0 Å². The second kappa shape index (κ2) is 7.98. The number of halogens is 1. The summed E-state index contributed by atoms with van der Waals surface area (Å²) in [6.45, 7) is 4.16. The van der Waals surface area contributed by atoms with E-state index < -0.39 is 0 Å². The molecule has 0 aliphatic heterocycles. The number of carbonyl (C=O) groups excluding carboxylic acids is 1. The molecule has 1 aromatic rings. The lowest BCUT2D eigenvalue weighted by atomic mass is 10.2. The van der Waals surface area contributed by atoms with E-state index in [-0.39, 0.29) is 18.3 Å². The first-order valence-corrected chi connectivity index (χ1v) is 7.57. The maximum atomic E-state index is 13.3. The Kier molecular flexibility index (Phi) is 5.99. The standard InChI is InChI=1S/C16H23FN2O2/c1-2-7-18-10-13-8-14(17)5-6-15(13)21-11-16(20)19-9-12-3-4-12/h5-6,8,12,18H,2-4,7,9-11H2,1H3,(H,19,20). The molecule has 0 spiro atoms. The van der Waals surface area contributed by atoms with Crippen LogP contribution in [-0.4, -0.2) is 25.6 Å². The van der Waals surface area contributed by atoms with Gasteiger partial charge in [0.15, 0.2) is 6.61 Å². The first-order valence-electron chi connectivity index (χ1n) is 7.57. The van der Waals surface area contributed by atoms with E-state index in [9.17, 15) is 9.18 Å². The smallest absolute Gasteiger partial charge is 0.257 e. The SMILES string of the molecule is CCCNCc1cc(F)ccc1OCC(=O)NCC1CC1. The van der Waals surface area contributed by atoms with Crippen molar-refractivity contribution in [1.82, 2.24) is 10.6 Å². The fraction of sp³-hybridized carbons (Fsp3) is 0.562. The molecule has 1 saturated carbocycles. The molecule has 0 atom stereocenters. The molecule has 0 heterocycles. The summed E-state index contributed by atoms with van der Waals surface area (Å²) in [5.41, 5.74) is 0.735. The zero-order valence-corrected chi connectivity index (χ0v) is 12.5. The minimum Gasteiger partial charge on any atom is -0.483 e. The van der Waals surface area contributed by atoms with Gasteiger partial charge in [0.2, 0.25) is 0 Å². The molecule has 0 unspecified atom stereocenters. The summed E-state index contributed by atoms with van der Waals surface area (Å²) < 4.78 is 18.8. The summed E-state index contributed by atoms with van der Waals surface area (Å²) in [7, 11) is 0. The van der Waals surface area contributed by atoms with Crippen molar-refractivity contribution in [2.24, 2.45) is 5.92 Å². The zero-order valence-electron chi connectivity index (χ0n) is 12.5. The van der Waals surface area contributed by atoms with E-state index in [2.05, 4.69) is 17.6 Å². The van der Waals surface area contributed by atoms with Gasteiger partial charge in [0.1, 0.15) is 11.6 Å².